The van der Waals surface area contributed by atoms with Crippen molar-refractivity contribution in [3.63, 3.8) is 0 Å². The van der Waals surface area contributed by atoms with Crippen LogP contribution in [0.1, 0.15) is 39.0 Å². The van der Waals surface area contributed by atoms with Crippen LogP contribution < -0.4 is 11.3 Å². The summed E-state index contributed by atoms with van der Waals surface area (Å²) in [6.45, 7) is 0.896. The van der Waals surface area contributed by atoms with Gasteiger partial charge in [0.05, 0.1) is 6.61 Å². The van der Waals surface area contributed by atoms with Gasteiger partial charge >= 0.3 is 6.18 Å². The van der Waals surface area contributed by atoms with Crippen LogP contribution in [0, 0.1) is 0 Å². The van der Waals surface area contributed by atoms with Crippen LogP contribution in [0.25, 0.3) is 0 Å². The van der Waals surface area contributed by atoms with Crippen LogP contribution in [0.15, 0.2) is 0 Å². The zero-order valence-electron chi connectivity index (χ0n) is 9.65. The normalized spacial score (nSPS) is 14.1. The van der Waals surface area contributed by atoms with Crippen LogP contribution in [0.2, 0.25) is 0 Å². The lowest BCUT2D eigenvalue weighted by molar-refractivity contribution is -0.175. The van der Waals surface area contributed by atoms with Gasteiger partial charge in [-0.2, -0.15) is 13.2 Å². The molecule has 6 heteroatoms. The predicted octanol–water partition coefficient (Wildman–Crippen LogP) is 2.37. The van der Waals surface area contributed by atoms with E-state index in [1.54, 1.807) is 0 Å². The molecule has 0 aromatic carbocycles. The van der Waals surface area contributed by atoms with Crippen molar-refractivity contribution < 1.29 is 17.9 Å². The van der Waals surface area contributed by atoms with Crippen molar-refractivity contribution in [1.82, 2.24) is 5.43 Å². The van der Waals surface area contributed by atoms with Gasteiger partial charge in [-0.05, 0) is 6.42 Å². The molecule has 0 bridgehead atoms. The lowest BCUT2D eigenvalue weighted by Crippen LogP contribution is -2.39. The van der Waals surface area contributed by atoms with Crippen molar-refractivity contribution in [2.75, 3.05) is 13.2 Å². The number of nitrogens with two attached hydrogens (primary N) is 1. The van der Waals surface area contributed by atoms with Gasteiger partial charge in [0.15, 0.2) is 0 Å². The zero-order valence-corrected chi connectivity index (χ0v) is 9.65. The number of hydrogen-bond acceptors (Lipinski definition) is 3. The Kier molecular flexibility index (Phi) is 8.60. The van der Waals surface area contributed by atoms with Gasteiger partial charge in [-0.1, -0.05) is 32.6 Å². The summed E-state index contributed by atoms with van der Waals surface area (Å²) in [5, 5.41) is 0. The largest absolute Gasteiger partial charge is 0.411 e. The first kappa shape index (κ1) is 15.7. The van der Waals surface area contributed by atoms with E-state index in [1.165, 1.54) is 0 Å². The van der Waals surface area contributed by atoms with Crippen molar-refractivity contribution in [3.8, 4) is 0 Å². The quantitative estimate of drug-likeness (QED) is 0.371. The Morgan fingerprint density at radius 3 is 2.44 bits per heavy atom. The van der Waals surface area contributed by atoms with E-state index in [9.17, 15) is 13.2 Å². The molecule has 0 fully saturated rings. The van der Waals surface area contributed by atoms with Crippen LogP contribution in [0.5, 0.6) is 0 Å². The first-order chi connectivity index (χ1) is 7.49. The minimum atomic E-state index is -4.26. The molecule has 0 aliphatic rings. The summed E-state index contributed by atoms with van der Waals surface area (Å²) >= 11 is 0. The molecule has 0 aliphatic heterocycles. The molecule has 0 aromatic heterocycles. The Morgan fingerprint density at radius 1 is 1.25 bits per heavy atom. The van der Waals surface area contributed by atoms with Gasteiger partial charge in [-0.25, -0.2) is 0 Å². The van der Waals surface area contributed by atoms with Gasteiger partial charge < -0.3 is 4.74 Å². The molecule has 0 aliphatic carbocycles. The Balaban J connectivity index is 3.51. The van der Waals surface area contributed by atoms with Gasteiger partial charge in [0, 0.05) is 6.04 Å². The van der Waals surface area contributed by atoms with Crippen LogP contribution in [0.4, 0.5) is 13.2 Å². The molecule has 0 radical (unpaired) electrons. The number of rotatable bonds is 9. The van der Waals surface area contributed by atoms with E-state index in [2.05, 4.69) is 17.1 Å². The molecule has 0 heterocycles. The average Bonchev–Trinajstić information content (AvgIpc) is 2.20. The lowest BCUT2D eigenvalue weighted by atomic mass is 10.1. The fraction of sp³-hybridized carbons (Fsp3) is 1.00. The third-order valence-corrected chi connectivity index (χ3v) is 2.23. The van der Waals surface area contributed by atoms with Crippen LogP contribution in [-0.4, -0.2) is 25.4 Å². The number of nitrogens with one attached hydrogen (secondary N) is 1. The highest BCUT2D eigenvalue weighted by Crippen LogP contribution is 2.15. The molecule has 16 heavy (non-hydrogen) atoms. The zero-order chi connectivity index (χ0) is 12.4. The molecule has 0 rings (SSSR count). The van der Waals surface area contributed by atoms with E-state index in [0.29, 0.717) is 0 Å². The smallest absolute Gasteiger partial charge is 0.370 e. The van der Waals surface area contributed by atoms with Crippen molar-refractivity contribution in [1.29, 1.82) is 0 Å². The molecule has 3 N–H and O–H groups in total. The predicted molar refractivity (Wildman–Crippen MR) is 56.7 cm³/mol. The van der Waals surface area contributed by atoms with E-state index in [1.807, 2.05) is 0 Å². The number of halogens is 3. The maximum absolute atomic E-state index is 11.8. The summed E-state index contributed by atoms with van der Waals surface area (Å²) < 4.78 is 39.9. The molecule has 0 amide bonds. The molecule has 1 atom stereocenters. The lowest BCUT2D eigenvalue weighted by Gasteiger charge is -2.16. The summed E-state index contributed by atoms with van der Waals surface area (Å²) in [6, 6.07) is -0.195. The number of alkyl halides is 3. The molecular weight excluding hydrogens is 221 g/mol. The van der Waals surface area contributed by atoms with E-state index >= 15 is 0 Å². The fourth-order valence-corrected chi connectivity index (χ4v) is 1.35. The molecule has 98 valence electrons. The number of unbranched alkanes of at least 4 members (excludes halogenated alkanes) is 3. The second kappa shape index (κ2) is 8.78. The molecule has 1 unspecified atom stereocenters. The third-order valence-electron chi connectivity index (χ3n) is 2.23. The van der Waals surface area contributed by atoms with E-state index in [4.69, 9.17) is 5.84 Å². The first-order valence-corrected chi connectivity index (χ1v) is 5.60. The van der Waals surface area contributed by atoms with Crippen LogP contribution in [0.3, 0.4) is 0 Å². The summed E-state index contributed by atoms with van der Waals surface area (Å²) in [4.78, 5) is 0. The highest BCUT2D eigenvalue weighted by molar-refractivity contribution is 4.63. The minimum absolute atomic E-state index is 0.00212. The van der Waals surface area contributed by atoms with E-state index < -0.39 is 12.8 Å². The minimum Gasteiger partial charge on any atom is -0.370 e. The van der Waals surface area contributed by atoms with Gasteiger partial charge in [0.2, 0.25) is 0 Å². The fourth-order valence-electron chi connectivity index (χ4n) is 1.35. The Morgan fingerprint density at radius 2 is 1.94 bits per heavy atom. The molecule has 3 nitrogen and oxygen atoms in total. The Labute approximate surface area is 94.5 Å². The Bertz CT molecular complexity index is 165. The molecular formula is C10H21F3N2O. The van der Waals surface area contributed by atoms with Crippen molar-refractivity contribution >= 4 is 0 Å². The highest BCUT2D eigenvalue weighted by atomic mass is 19.4. The average molecular weight is 242 g/mol. The van der Waals surface area contributed by atoms with Gasteiger partial charge in [-0.15, -0.1) is 0 Å². The summed E-state index contributed by atoms with van der Waals surface area (Å²) in [5.41, 5.74) is 2.47. The van der Waals surface area contributed by atoms with Crippen molar-refractivity contribution in [3.05, 3.63) is 0 Å². The highest BCUT2D eigenvalue weighted by Gasteiger charge is 2.27. The molecule has 0 saturated heterocycles. The van der Waals surface area contributed by atoms with Gasteiger partial charge in [0.25, 0.3) is 0 Å². The SMILES string of the molecule is CCCCCCC(COCC(F)(F)F)NN. The van der Waals surface area contributed by atoms with Crippen molar-refractivity contribution in [2.24, 2.45) is 5.84 Å². The second-order valence-electron chi connectivity index (χ2n) is 3.84. The molecule has 0 spiro atoms. The topological polar surface area (TPSA) is 47.3 Å². The second-order valence-corrected chi connectivity index (χ2v) is 3.84. The number of ether oxygens (including phenoxy) is 1. The standard InChI is InChI=1S/C10H21F3N2O/c1-2-3-4-5-6-9(15-14)7-16-8-10(11,12)13/h9,15H,2-8,14H2,1H3. The summed E-state index contributed by atoms with van der Waals surface area (Å²) in [7, 11) is 0. The number of hydrogen-bond donors (Lipinski definition) is 2. The van der Waals surface area contributed by atoms with Crippen molar-refractivity contribution in [2.45, 2.75) is 51.2 Å². The first-order valence-electron chi connectivity index (χ1n) is 5.60. The summed E-state index contributed by atoms with van der Waals surface area (Å²) in [5.74, 6) is 5.23. The summed E-state index contributed by atoms with van der Waals surface area (Å²) in [6.07, 6.45) is 0.785. The maximum Gasteiger partial charge on any atom is 0.411 e. The van der Waals surface area contributed by atoms with E-state index in [-0.39, 0.29) is 12.6 Å². The van der Waals surface area contributed by atoms with Gasteiger partial charge in [-0.3, -0.25) is 11.3 Å². The third kappa shape index (κ3) is 10.2. The van der Waals surface area contributed by atoms with Crippen LogP contribution in [-0.2, 0) is 4.74 Å². The number of hydrazine groups is 1. The Hall–Kier alpha value is -0.330. The molecule has 0 saturated carbocycles. The van der Waals surface area contributed by atoms with Gasteiger partial charge in [0.1, 0.15) is 6.61 Å². The maximum atomic E-state index is 11.8. The monoisotopic (exact) mass is 242 g/mol. The van der Waals surface area contributed by atoms with E-state index in [0.717, 1.165) is 32.1 Å². The van der Waals surface area contributed by atoms with Crippen LogP contribution >= 0.6 is 0 Å². The molecule has 0 aromatic rings.